The molecule has 1 aromatic heterocycles. The van der Waals surface area contributed by atoms with E-state index in [9.17, 15) is 28.3 Å². The predicted octanol–water partition coefficient (Wildman–Crippen LogP) is 3.17. The second kappa shape index (κ2) is 12.0. The number of hydrogen-bond acceptors (Lipinski definition) is 9. The minimum absolute atomic E-state index is 0.0396. The molecular weight excluding hydrogens is 582 g/mol. The number of aromatic nitrogens is 1. The number of carbonyl (C=O) groups excluding carboxylic acids is 2. The number of esters is 1. The lowest BCUT2D eigenvalue weighted by molar-refractivity contribution is -0.147. The quantitative estimate of drug-likeness (QED) is 0.412. The standard InChI is InChI=1S/C29H34F2N6O5S/c1-5-42-26(38)21-20(14-35-9-10-37-17(12-35)13-36(28(37)41)15-29(3,4)27(39)40)33-24(25-32-8-11-43-25)34-23(21)18-6-7-19(30)22(31)16(18)2/h6-8,11,17,23H,5,9-10,12-15H2,1-4H3,(H,33,34)(H,39,40)/t17-,23-/m0/s1. The molecule has 2 N–H and O–H groups in total. The summed E-state index contributed by atoms with van der Waals surface area (Å²) in [6.45, 7) is 8.57. The number of halogens is 2. The molecule has 43 heavy (non-hydrogen) atoms. The van der Waals surface area contributed by atoms with Crippen LogP contribution >= 0.6 is 11.3 Å². The Kier molecular flexibility index (Phi) is 8.52. The summed E-state index contributed by atoms with van der Waals surface area (Å²) in [5.74, 6) is -3.21. The summed E-state index contributed by atoms with van der Waals surface area (Å²) < 4.78 is 34.2. The number of fused-ring (bicyclic) bond motifs is 1. The van der Waals surface area contributed by atoms with Gasteiger partial charge in [-0.05, 0) is 44.9 Å². The number of carbonyl (C=O) groups is 3. The van der Waals surface area contributed by atoms with Crippen LogP contribution in [0.1, 0.15) is 42.9 Å². The molecule has 5 rings (SSSR count). The van der Waals surface area contributed by atoms with Gasteiger partial charge in [-0.3, -0.25) is 14.7 Å². The molecule has 3 aliphatic heterocycles. The Labute approximate surface area is 251 Å². The molecule has 1 aromatic carbocycles. The van der Waals surface area contributed by atoms with E-state index in [1.54, 1.807) is 42.1 Å². The third-order valence-electron chi connectivity index (χ3n) is 7.99. The fourth-order valence-corrected chi connectivity index (χ4v) is 6.28. The van der Waals surface area contributed by atoms with Gasteiger partial charge in [0.15, 0.2) is 22.5 Å². The van der Waals surface area contributed by atoms with E-state index in [-0.39, 0.29) is 42.9 Å². The molecule has 4 heterocycles. The average Bonchev–Trinajstić information content (AvgIpc) is 3.60. The van der Waals surface area contributed by atoms with E-state index in [0.29, 0.717) is 48.3 Å². The number of ether oxygens (including phenoxy) is 1. The van der Waals surface area contributed by atoms with Gasteiger partial charge < -0.3 is 25.0 Å². The van der Waals surface area contributed by atoms with E-state index in [2.05, 4.69) is 15.2 Å². The first kappa shape index (κ1) is 30.5. The molecule has 0 saturated carbocycles. The summed E-state index contributed by atoms with van der Waals surface area (Å²) in [5.41, 5.74) is -0.0375. The van der Waals surface area contributed by atoms with E-state index in [4.69, 9.17) is 9.73 Å². The molecule has 230 valence electrons. The molecule has 2 atom stereocenters. The highest BCUT2D eigenvalue weighted by molar-refractivity contribution is 7.11. The van der Waals surface area contributed by atoms with Crippen molar-refractivity contribution in [2.45, 2.75) is 39.8 Å². The Morgan fingerprint density at radius 3 is 2.67 bits per heavy atom. The van der Waals surface area contributed by atoms with Gasteiger partial charge in [-0.25, -0.2) is 23.4 Å². The first-order valence-electron chi connectivity index (χ1n) is 14.0. The van der Waals surface area contributed by atoms with Crippen molar-refractivity contribution in [3.63, 3.8) is 0 Å². The van der Waals surface area contributed by atoms with Crippen LogP contribution in [0, 0.1) is 24.0 Å². The fraction of sp³-hybridized carbons (Fsp3) is 0.483. The van der Waals surface area contributed by atoms with Crippen LogP contribution in [-0.2, 0) is 14.3 Å². The normalized spacial score (nSPS) is 21.1. The molecule has 11 nitrogen and oxygen atoms in total. The molecule has 2 amide bonds. The first-order valence-corrected chi connectivity index (χ1v) is 14.9. The molecule has 14 heteroatoms. The third-order valence-corrected chi connectivity index (χ3v) is 8.77. The Morgan fingerprint density at radius 1 is 1.23 bits per heavy atom. The number of carboxylic acids is 1. The van der Waals surface area contributed by atoms with Gasteiger partial charge >= 0.3 is 18.0 Å². The van der Waals surface area contributed by atoms with Crippen LogP contribution < -0.4 is 5.32 Å². The lowest BCUT2D eigenvalue weighted by atomic mass is 9.92. The van der Waals surface area contributed by atoms with E-state index < -0.39 is 35.0 Å². The number of rotatable bonds is 9. The molecule has 2 fully saturated rings. The van der Waals surface area contributed by atoms with Crippen molar-refractivity contribution in [2.24, 2.45) is 10.4 Å². The van der Waals surface area contributed by atoms with Crippen LogP contribution in [0.4, 0.5) is 13.6 Å². The van der Waals surface area contributed by atoms with Crippen molar-refractivity contribution in [1.82, 2.24) is 25.0 Å². The molecule has 0 bridgehead atoms. The van der Waals surface area contributed by atoms with Crippen molar-refractivity contribution < 1.29 is 33.0 Å². The first-order chi connectivity index (χ1) is 20.4. The number of nitrogens with zero attached hydrogens (tertiary/aromatic N) is 5. The summed E-state index contributed by atoms with van der Waals surface area (Å²) in [4.78, 5) is 52.8. The van der Waals surface area contributed by atoms with Gasteiger partial charge in [-0.15, -0.1) is 11.3 Å². The Bertz CT molecular complexity index is 1490. The smallest absolute Gasteiger partial charge is 0.338 e. The van der Waals surface area contributed by atoms with E-state index in [1.807, 2.05) is 0 Å². The number of thiazole rings is 1. The highest BCUT2D eigenvalue weighted by Gasteiger charge is 2.44. The third kappa shape index (κ3) is 5.98. The van der Waals surface area contributed by atoms with Gasteiger partial charge in [0.2, 0.25) is 0 Å². The van der Waals surface area contributed by atoms with Gasteiger partial charge in [0.05, 0.1) is 23.6 Å². The number of amides is 2. The molecule has 3 aliphatic rings. The maximum Gasteiger partial charge on any atom is 0.338 e. The number of aliphatic imine (C=N–C) groups is 1. The number of aliphatic carboxylic acids is 1. The molecule has 2 aromatic rings. The van der Waals surface area contributed by atoms with Crippen LogP contribution in [0.5, 0.6) is 0 Å². The minimum Gasteiger partial charge on any atom is -0.481 e. The molecule has 0 spiro atoms. The Morgan fingerprint density at radius 2 is 2.00 bits per heavy atom. The molecule has 0 radical (unpaired) electrons. The molecular formula is C29H34F2N6O5S. The predicted molar refractivity (Wildman–Crippen MR) is 155 cm³/mol. The summed E-state index contributed by atoms with van der Waals surface area (Å²) >= 11 is 1.34. The lowest BCUT2D eigenvalue weighted by Gasteiger charge is -2.38. The summed E-state index contributed by atoms with van der Waals surface area (Å²) in [5, 5.41) is 15.2. The Hall–Kier alpha value is -3.91. The van der Waals surface area contributed by atoms with Crippen LogP contribution in [0.3, 0.4) is 0 Å². The van der Waals surface area contributed by atoms with Gasteiger partial charge in [0.1, 0.15) is 6.04 Å². The van der Waals surface area contributed by atoms with Crippen LogP contribution in [-0.4, -0.2) is 101 Å². The fourth-order valence-electron chi connectivity index (χ4n) is 5.69. The number of carboxylic acid groups (broad SMARTS) is 1. The lowest BCUT2D eigenvalue weighted by Crippen LogP contribution is -2.53. The minimum atomic E-state index is -1.09. The topological polar surface area (TPSA) is 128 Å². The number of piperazine rings is 1. The van der Waals surface area contributed by atoms with E-state index in [0.717, 1.165) is 6.07 Å². The number of nitrogens with one attached hydrogen (secondary N) is 1. The van der Waals surface area contributed by atoms with Crippen molar-refractivity contribution in [2.75, 3.05) is 45.9 Å². The molecule has 0 unspecified atom stereocenters. The van der Waals surface area contributed by atoms with Crippen LogP contribution in [0.25, 0.3) is 0 Å². The summed E-state index contributed by atoms with van der Waals surface area (Å²) in [6.07, 6.45) is 1.62. The van der Waals surface area contributed by atoms with Gasteiger partial charge in [-0.2, -0.15) is 0 Å². The van der Waals surface area contributed by atoms with Crippen LogP contribution in [0.2, 0.25) is 0 Å². The van der Waals surface area contributed by atoms with E-state index in [1.165, 1.54) is 24.3 Å². The van der Waals surface area contributed by atoms with Crippen molar-refractivity contribution in [1.29, 1.82) is 0 Å². The summed E-state index contributed by atoms with van der Waals surface area (Å²) in [7, 11) is 0. The second-order valence-corrected chi connectivity index (χ2v) is 12.4. The zero-order valence-corrected chi connectivity index (χ0v) is 25.2. The largest absolute Gasteiger partial charge is 0.481 e. The van der Waals surface area contributed by atoms with Crippen molar-refractivity contribution in [3.05, 3.63) is 62.7 Å². The van der Waals surface area contributed by atoms with Crippen molar-refractivity contribution >= 4 is 35.1 Å². The highest BCUT2D eigenvalue weighted by Crippen LogP contribution is 2.36. The highest BCUT2D eigenvalue weighted by atomic mass is 32.1. The van der Waals surface area contributed by atoms with Crippen molar-refractivity contribution in [3.8, 4) is 0 Å². The number of hydrogen-bond donors (Lipinski definition) is 2. The molecule has 0 aliphatic carbocycles. The zero-order chi connectivity index (χ0) is 31.1. The van der Waals surface area contributed by atoms with Gasteiger partial charge in [-0.1, -0.05) is 6.07 Å². The summed E-state index contributed by atoms with van der Waals surface area (Å²) in [6, 6.07) is 1.12. The number of urea groups is 1. The Balaban J connectivity index is 1.47. The van der Waals surface area contributed by atoms with Gasteiger partial charge in [0, 0.05) is 56.5 Å². The second-order valence-electron chi connectivity index (χ2n) is 11.5. The van der Waals surface area contributed by atoms with Crippen LogP contribution in [0.15, 0.2) is 40.0 Å². The zero-order valence-electron chi connectivity index (χ0n) is 24.4. The maximum atomic E-state index is 14.7. The SMILES string of the molecule is CCOC(=O)C1=C(CN2CCN3C(=O)N(CC(C)(C)C(=O)O)C[C@@H]3C2)NC(c2nccs2)=N[C@H]1c1ccc(F)c(F)c1C. The molecule has 2 saturated heterocycles. The average molecular weight is 617 g/mol. The van der Waals surface area contributed by atoms with E-state index >= 15 is 0 Å². The van der Waals surface area contributed by atoms with Gasteiger partial charge in [0.25, 0.3) is 0 Å². The monoisotopic (exact) mass is 616 g/mol. The number of benzene rings is 1. The maximum absolute atomic E-state index is 14.7. The number of amidine groups is 1.